The molecule has 3 amide bonds. The number of hydrogen-bond donors (Lipinski definition) is 2. The third kappa shape index (κ3) is 4.35. The number of ether oxygens (including phenoxy) is 1. The molecule has 2 heterocycles. The zero-order valence-electron chi connectivity index (χ0n) is 17.2. The first-order chi connectivity index (χ1) is 15.0. The molecule has 4 saturated carbocycles. The molecule has 9 nitrogen and oxygen atoms in total. The van der Waals surface area contributed by atoms with Gasteiger partial charge in [-0.15, -0.1) is 0 Å². The van der Waals surface area contributed by atoms with Crippen LogP contribution in [0.2, 0.25) is 0 Å². The SMILES string of the molecule is O=C(COC(=O)c1ccc(Cn2cccn2)o1)NC(=O)NC12CC3CC(CC(C3)C1)C2. The fraction of sp³-hybridized carbons (Fsp3) is 0.545. The Balaban J connectivity index is 1.08. The first kappa shape index (κ1) is 19.8. The van der Waals surface area contributed by atoms with Crippen LogP contribution in [0.5, 0.6) is 0 Å². The number of carbonyl (C=O) groups is 3. The Hall–Kier alpha value is -3.10. The summed E-state index contributed by atoms with van der Waals surface area (Å²) in [6.07, 6.45) is 10.2. The van der Waals surface area contributed by atoms with E-state index in [1.165, 1.54) is 25.3 Å². The number of hydrogen-bond acceptors (Lipinski definition) is 6. The molecule has 4 aliphatic rings. The van der Waals surface area contributed by atoms with E-state index >= 15 is 0 Å². The highest BCUT2D eigenvalue weighted by Crippen LogP contribution is 2.55. The van der Waals surface area contributed by atoms with Crippen LogP contribution in [0.4, 0.5) is 4.79 Å². The van der Waals surface area contributed by atoms with E-state index in [1.807, 2.05) is 0 Å². The van der Waals surface area contributed by atoms with Crippen molar-refractivity contribution in [2.24, 2.45) is 17.8 Å². The third-order valence-electron chi connectivity index (χ3n) is 6.74. The maximum absolute atomic E-state index is 12.4. The van der Waals surface area contributed by atoms with Crippen molar-refractivity contribution in [3.63, 3.8) is 0 Å². The second-order valence-corrected chi connectivity index (χ2v) is 9.25. The summed E-state index contributed by atoms with van der Waals surface area (Å²) in [7, 11) is 0. The van der Waals surface area contributed by atoms with Crippen LogP contribution in [-0.4, -0.2) is 39.8 Å². The van der Waals surface area contributed by atoms with E-state index in [1.54, 1.807) is 29.2 Å². The molecule has 9 heteroatoms. The van der Waals surface area contributed by atoms with Crippen molar-refractivity contribution in [2.45, 2.75) is 50.6 Å². The van der Waals surface area contributed by atoms with Crippen molar-refractivity contribution in [3.05, 3.63) is 42.1 Å². The molecule has 0 spiro atoms. The Kier molecular flexibility index (Phi) is 5.03. The molecule has 2 aromatic heterocycles. The van der Waals surface area contributed by atoms with Gasteiger partial charge >= 0.3 is 12.0 Å². The number of carbonyl (C=O) groups excluding carboxylic acids is 3. The van der Waals surface area contributed by atoms with Crippen molar-refractivity contribution in [1.29, 1.82) is 0 Å². The summed E-state index contributed by atoms with van der Waals surface area (Å²) < 4.78 is 12.1. The summed E-state index contributed by atoms with van der Waals surface area (Å²) in [4.78, 5) is 36.6. The number of esters is 1. The molecule has 2 aromatic rings. The predicted octanol–water partition coefficient (Wildman–Crippen LogP) is 2.48. The Morgan fingerprint density at radius 1 is 1.13 bits per heavy atom. The van der Waals surface area contributed by atoms with E-state index in [0.717, 1.165) is 19.3 Å². The van der Waals surface area contributed by atoms with Gasteiger partial charge in [-0.25, -0.2) is 9.59 Å². The summed E-state index contributed by atoms with van der Waals surface area (Å²) in [6, 6.07) is 4.41. The molecule has 0 aliphatic heterocycles. The van der Waals surface area contributed by atoms with Crippen molar-refractivity contribution in [1.82, 2.24) is 20.4 Å². The smallest absolute Gasteiger partial charge is 0.374 e. The highest BCUT2D eigenvalue weighted by Gasteiger charge is 2.51. The first-order valence-electron chi connectivity index (χ1n) is 10.8. The lowest BCUT2D eigenvalue weighted by atomic mass is 9.53. The molecule has 0 unspecified atom stereocenters. The van der Waals surface area contributed by atoms with Crippen LogP contribution >= 0.6 is 0 Å². The molecule has 0 saturated heterocycles. The van der Waals surface area contributed by atoms with Crippen LogP contribution in [0.3, 0.4) is 0 Å². The normalized spacial score (nSPS) is 28.3. The summed E-state index contributed by atoms with van der Waals surface area (Å²) in [6.45, 7) is -0.173. The highest BCUT2D eigenvalue weighted by molar-refractivity contribution is 5.96. The Morgan fingerprint density at radius 2 is 1.84 bits per heavy atom. The van der Waals surface area contributed by atoms with Gasteiger partial charge in [0, 0.05) is 17.9 Å². The van der Waals surface area contributed by atoms with Gasteiger partial charge < -0.3 is 14.5 Å². The number of rotatable bonds is 6. The van der Waals surface area contributed by atoms with Crippen LogP contribution < -0.4 is 10.6 Å². The van der Waals surface area contributed by atoms with E-state index in [0.29, 0.717) is 30.1 Å². The molecule has 0 atom stereocenters. The average Bonchev–Trinajstić information content (AvgIpc) is 3.37. The molecule has 0 radical (unpaired) electrons. The van der Waals surface area contributed by atoms with E-state index < -0.39 is 24.5 Å². The molecule has 4 bridgehead atoms. The minimum absolute atomic E-state index is 0.00650. The lowest BCUT2D eigenvalue weighted by molar-refractivity contribution is -0.123. The summed E-state index contributed by atoms with van der Waals surface area (Å²) in [5.41, 5.74) is -0.186. The number of imide groups is 1. The number of urea groups is 1. The van der Waals surface area contributed by atoms with Crippen LogP contribution in [0.1, 0.15) is 54.8 Å². The van der Waals surface area contributed by atoms with E-state index in [2.05, 4.69) is 15.7 Å². The van der Waals surface area contributed by atoms with Gasteiger partial charge in [0.05, 0.1) is 6.54 Å². The van der Waals surface area contributed by atoms with Gasteiger partial charge in [-0.1, -0.05) is 0 Å². The number of nitrogens with one attached hydrogen (secondary N) is 2. The van der Waals surface area contributed by atoms with Crippen LogP contribution in [0.25, 0.3) is 0 Å². The first-order valence-corrected chi connectivity index (χ1v) is 10.8. The Bertz CT molecular complexity index is 945. The van der Waals surface area contributed by atoms with Crippen molar-refractivity contribution in [3.8, 4) is 0 Å². The lowest BCUT2D eigenvalue weighted by Crippen LogP contribution is -2.62. The Labute approximate surface area is 179 Å². The minimum atomic E-state index is -0.761. The van der Waals surface area contributed by atoms with Gasteiger partial charge in [0.1, 0.15) is 5.76 Å². The molecular weight excluding hydrogens is 400 g/mol. The van der Waals surface area contributed by atoms with Gasteiger partial charge in [-0.2, -0.15) is 5.10 Å². The fourth-order valence-electron chi connectivity index (χ4n) is 6.03. The molecule has 2 N–H and O–H groups in total. The van der Waals surface area contributed by atoms with E-state index in [4.69, 9.17) is 9.15 Å². The van der Waals surface area contributed by atoms with Crippen LogP contribution in [0, 0.1) is 17.8 Å². The second-order valence-electron chi connectivity index (χ2n) is 9.25. The molecule has 4 aliphatic carbocycles. The highest BCUT2D eigenvalue weighted by atomic mass is 16.5. The van der Waals surface area contributed by atoms with E-state index in [-0.39, 0.29) is 11.3 Å². The maximum atomic E-state index is 12.4. The van der Waals surface area contributed by atoms with Gasteiger partial charge in [-0.3, -0.25) is 14.8 Å². The van der Waals surface area contributed by atoms with Crippen LogP contribution in [0.15, 0.2) is 35.0 Å². The number of furan rings is 1. The molecule has 164 valence electrons. The molecule has 0 aromatic carbocycles. The minimum Gasteiger partial charge on any atom is -0.452 e. The van der Waals surface area contributed by atoms with Crippen molar-refractivity contribution in [2.75, 3.05) is 6.61 Å². The van der Waals surface area contributed by atoms with Gasteiger partial charge in [-0.05, 0) is 74.5 Å². The number of amides is 3. The van der Waals surface area contributed by atoms with Crippen molar-refractivity contribution >= 4 is 17.9 Å². The number of aromatic nitrogens is 2. The zero-order valence-corrected chi connectivity index (χ0v) is 17.2. The maximum Gasteiger partial charge on any atom is 0.374 e. The fourth-order valence-corrected chi connectivity index (χ4v) is 6.03. The molecular formula is C22H26N4O5. The van der Waals surface area contributed by atoms with Gasteiger partial charge in [0.25, 0.3) is 5.91 Å². The quantitative estimate of drug-likeness (QED) is 0.686. The van der Waals surface area contributed by atoms with Crippen LogP contribution in [-0.2, 0) is 16.1 Å². The third-order valence-corrected chi connectivity index (χ3v) is 6.74. The standard InChI is InChI=1S/C22H26N4O5/c27-19(13-30-20(28)18-3-2-17(31-18)12-26-5-1-4-23-26)24-21(29)25-22-9-14-6-15(10-22)8-16(7-14)11-22/h1-5,14-16H,6-13H2,(H2,24,25,27,29). The zero-order chi connectivity index (χ0) is 21.4. The number of nitrogens with zero attached hydrogens (tertiary/aromatic N) is 2. The monoisotopic (exact) mass is 426 g/mol. The van der Waals surface area contributed by atoms with Gasteiger partial charge in [0.15, 0.2) is 6.61 Å². The molecule has 31 heavy (non-hydrogen) atoms. The van der Waals surface area contributed by atoms with E-state index in [9.17, 15) is 14.4 Å². The summed E-state index contributed by atoms with van der Waals surface area (Å²) in [5.74, 6) is 1.17. The molecule has 6 rings (SSSR count). The largest absolute Gasteiger partial charge is 0.452 e. The second kappa shape index (κ2) is 7.86. The topological polar surface area (TPSA) is 115 Å². The summed E-state index contributed by atoms with van der Waals surface area (Å²) in [5, 5.41) is 9.42. The van der Waals surface area contributed by atoms with Crippen molar-refractivity contribution < 1.29 is 23.5 Å². The predicted molar refractivity (Wildman–Crippen MR) is 108 cm³/mol. The Morgan fingerprint density at radius 3 is 2.48 bits per heavy atom. The summed E-state index contributed by atoms with van der Waals surface area (Å²) >= 11 is 0. The van der Waals surface area contributed by atoms with Gasteiger partial charge in [0.2, 0.25) is 5.76 Å². The lowest BCUT2D eigenvalue weighted by Gasteiger charge is -2.56. The molecule has 4 fully saturated rings. The average molecular weight is 426 g/mol.